The molecule has 1 amide bonds. The van der Waals surface area contributed by atoms with Gasteiger partial charge < -0.3 is 9.47 Å². The first kappa shape index (κ1) is 25.0. The van der Waals surface area contributed by atoms with E-state index in [0.717, 1.165) is 16.8 Å². The maximum atomic E-state index is 12.4. The molecule has 0 radical (unpaired) electrons. The van der Waals surface area contributed by atoms with Gasteiger partial charge in [-0.15, -0.1) is 5.10 Å². The van der Waals surface area contributed by atoms with E-state index in [4.69, 9.17) is 9.47 Å². The number of aryl methyl sites for hydroxylation is 1. The number of hydrogen-bond donors (Lipinski definition) is 0. The summed E-state index contributed by atoms with van der Waals surface area (Å²) in [4.78, 5) is 14.0. The van der Waals surface area contributed by atoms with Crippen LogP contribution >= 0.6 is 0 Å². The van der Waals surface area contributed by atoms with Gasteiger partial charge in [-0.25, -0.2) is 13.9 Å². The smallest absolute Gasteiger partial charge is 0.414 e. The lowest BCUT2D eigenvalue weighted by molar-refractivity contribution is 0.0582. The van der Waals surface area contributed by atoms with E-state index >= 15 is 0 Å². The largest absolute Gasteiger partial charge is 0.487 e. The van der Waals surface area contributed by atoms with Crippen molar-refractivity contribution in [2.24, 2.45) is 0 Å². The van der Waals surface area contributed by atoms with Crippen molar-refractivity contribution in [1.29, 1.82) is 0 Å². The fraction of sp³-hybridized carbons (Fsp3) is 0.346. The van der Waals surface area contributed by atoms with E-state index in [1.54, 1.807) is 11.1 Å². The molecule has 0 fully saturated rings. The summed E-state index contributed by atoms with van der Waals surface area (Å²) in [7, 11) is 0. The van der Waals surface area contributed by atoms with Crippen LogP contribution in [0.2, 0.25) is 0 Å². The van der Waals surface area contributed by atoms with Gasteiger partial charge in [0.25, 0.3) is 0 Å². The second-order valence-corrected chi connectivity index (χ2v) is 8.67. The van der Waals surface area contributed by atoms with Crippen molar-refractivity contribution < 1.29 is 18.7 Å². The molecule has 0 N–H and O–H groups in total. The van der Waals surface area contributed by atoms with Gasteiger partial charge in [-0.05, 0) is 63.1 Å². The Morgan fingerprint density at radius 2 is 1.68 bits per heavy atom. The monoisotopic (exact) mass is 466 g/mol. The van der Waals surface area contributed by atoms with Gasteiger partial charge in [-0.1, -0.05) is 41.6 Å². The summed E-state index contributed by atoms with van der Waals surface area (Å²) in [6.45, 7) is 7.99. The number of alkyl halides is 1. The predicted octanol–water partition coefficient (Wildman–Crippen LogP) is 5.76. The lowest BCUT2D eigenvalue weighted by atomic mass is 10.1. The quantitative estimate of drug-likeness (QED) is 0.375. The average molecular weight is 467 g/mol. The second-order valence-electron chi connectivity index (χ2n) is 8.67. The Kier molecular flexibility index (Phi) is 8.40. The van der Waals surface area contributed by atoms with Gasteiger partial charge in [0.05, 0.1) is 12.7 Å². The number of anilines is 1. The second kappa shape index (κ2) is 11.4. The van der Waals surface area contributed by atoms with Crippen molar-refractivity contribution in [3.63, 3.8) is 0 Å². The molecule has 7 nitrogen and oxygen atoms in total. The van der Waals surface area contributed by atoms with Crippen molar-refractivity contribution in [1.82, 2.24) is 15.0 Å². The lowest BCUT2D eigenvalue weighted by Crippen LogP contribution is -2.36. The summed E-state index contributed by atoms with van der Waals surface area (Å²) in [5.74, 6) is 0.711. The molecule has 1 aromatic heterocycles. The van der Waals surface area contributed by atoms with Crippen LogP contribution in [0.1, 0.15) is 44.5 Å². The lowest BCUT2D eigenvalue weighted by Gasteiger charge is -2.26. The molecule has 3 aromatic rings. The molecular weight excluding hydrogens is 435 g/mol. The maximum absolute atomic E-state index is 12.4. The summed E-state index contributed by atoms with van der Waals surface area (Å²) >= 11 is 0. The molecule has 0 spiro atoms. The molecule has 34 heavy (non-hydrogen) atoms. The minimum absolute atomic E-state index is 0.192. The zero-order valence-electron chi connectivity index (χ0n) is 20.1. The topological polar surface area (TPSA) is 69.5 Å². The third-order valence-electron chi connectivity index (χ3n) is 4.77. The standard InChI is InChI=1S/C26H31FN4O3/c1-5-31(25(32)34-26(2,3)4)23-12-8-20(9-13-23)6-7-21-10-14-24(15-11-21)33-19-22-18-30(17-16-27)29-28-22/h6-15,18H,5,16-17,19H2,1-4H3/b7-6+. The number of nitrogens with zero attached hydrogens (tertiary/aromatic N) is 4. The van der Waals surface area contributed by atoms with E-state index in [1.807, 2.05) is 88.4 Å². The van der Waals surface area contributed by atoms with Gasteiger partial charge >= 0.3 is 6.09 Å². The van der Waals surface area contributed by atoms with Crippen molar-refractivity contribution in [2.75, 3.05) is 18.1 Å². The van der Waals surface area contributed by atoms with Crippen LogP contribution in [-0.4, -0.2) is 39.9 Å². The summed E-state index contributed by atoms with van der Waals surface area (Å²) in [5.41, 5.74) is 2.94. The number of carbonyl (C=O) groups excluding carboxylic acids is 1. The van der Waals surface area contributed by atoms with E-state index in [2.05, 4.69) is 10.3 Å². The highest BCUT2D eigenvalue weighted by molar-refractivity contribution is 5.88. The van der Waals surface area contributed by atoms with Crippen molar-refractivity contribution >= 4 is 23.9 Å². The van der Waals surface area contributed by atoms with Gasteiger partial charge in [0.1, 0.15) is 30.3 Å². The molecule has 1 heterocycles. The first-order chi connectivity index (χ1) is 16.3. The zero-order valence-corrected chi connectivity index (χ0v) is 20.1. The molecule has 0 aliphatic rings. The van der Waals surface area contributed by atoms with Crippen LogP contribution in [-0.2, 0) is 17.9 Å². The fourth-order valence-electron chi connectivity index (χ4n) is 3.12. The molecule has 2 aromatic carbocycles. The van der Waals surface area contributed by atoms with E-state index in [1.165, 1.54) is 4.68 Å². The van der Waals surface area contributed by atoms with E-state index < -0.39 is 12.3 Å². The van der Waals surface area contributed by atoms with Gasteiger partial charge in [0.2, 0.25) is 0 Å². The zero-order chi connectivity index (χ0) is 24.6. The molecule has 0 bridgehead atoms. The SMILES string of the molecule is CCN(C(=O)OC(C)(C)C)c1ccc(/C=C/c2ccc(OCc3cn(CCF)nn3)cc2)cc1. The Bertz CT molecular complexity index is 1090. The van der Waals surface area contributed by atoms with Gasteiger partial charge in [-0.2, -0.15) is 0 Å². The number of aromatic nitrogens is 3. The van der Waals surface area contributed by atoms with Crippen molar-refractivity contribution in [3.05, 3.63) is 71.5 Å². The molecule has 0 saturated heterocycles. The molecule has 0 aliphatic heterocycles. The number of benzene rings is 2. The number of hydrogen-bond acceptors (Lipinski definition) is 5. The highest BCUT2D eigenvalue weighted by atomic mass is 19.1. The fourth-order valence-corrected chi connectivity index (χ4v) is 3.12. The summed E-state index contributed by atoms with van der Waals surface area (Å²) < 4.78 is 25.0. The van der Waals surface area contributed by atoms with Crippen LogP contribution in [0.25, 0.3) is 12.2 Å². The molecule has 0 saturated carbocycles. The van der Waals surface area contributed by atoms with Crippen LogP contribution in [0.15, 0.2) is 54.7 Å². The molecule has 0 aliphatic carbocycles. The Balaban J connectivity index is 1.56. The molecule has 0 unspecified atom stereocenters. The molecular formula is C26H31FN4O3. The van der Waals surface area contributed by atoms with E-state index in [0.29, 0.717) is 18.0 Å². The molecule has 3 rings (SSSR count). The van der Waals surface area contributed by atoms with Gasteiger partial charge in [-0.3, -0.25) is 4.90 Å². The highest BCUT2D eigenvalue weighted by Crippen LogP contribution is 2.20. The summed E-state index contributed by atoms with van der Waals surface area (Å²) in [5, 5.41) is 7.80. The highest BCUT2D eigenvalue weighted by Gasteiger charge is 2.22. The first-order valence-electron chi connectivity index (χ1n) is 11.2. The number of amides is 1. The average Bonchev–Trinajstić information content (AvgIpc) is 3.25. The van der Waals surface area contributed by atoms with Crippen LogP contribution < -0.4 is 9.64 Å². The molecule has 8 heteroatoms. The van der Waals surface area contributed by atoms with Gasteiger partial charge in [0.15, 0.2) is 0 Å². The Hall–Kier alpha value is -3.68. The third kappa shape index (κ3) is 7.43. The minimum Gasteiger partial charge on any atom is -0.487 e. The van der Waals surface area contributed by atoms with Crippen LogP contribution in [0.4, 0.5) is 14.9 Å². The van der Waals surface area contributed by atoms with E-state index in [9.17, 15) is 9.18 Å². The van der Waals surface area contributed by atoms with Crippen LogP contribution in [0, 0.1) is 0 Å². The van der Waals surface area contributed by atoms with Crippen LogP contribution in [0.3, 0.4) is 0 Å². The van der Waals surface area contributed by atoms with Crippen molar-refractivity contribution in [2.45, 2.75) is 46.4 Å². The van der Waals surface area contributed by atoms with E-state index in [-0.39, 0.29) is 19.2 Å². The number of carbonyl (C=O) groups is 1. The van der Waals surface area contributed by atoms with Crippen LogP contribution in [0.5, 0.6) is 5.75 Å². The normalized spacial score (nSPS) is 11.6. The summed E-state index contributed by atoms with van der Waals surface area (Å²) in [6.07, 6.45) is 5.33. The molecule has 180 valence electrons. The minimum atomic E-state index is -0.538. The molecule has 0 atom stereocenters. The number of rotatable bonds is 9. The summed E-state index contributed by atoms with van der Waals surface area (Å²) in [6, 6.07) is 15.4. The Labute approximate surface area is 199 Å². The third-order valence-corrected chi connectivity index (χ3v) is 4.77. The van der Waals surface area contributed by atoms with Crippen molar-refractivity contribution in [3.8, 4) is 5.75 Å². The Morgan fingerprint density at radius 1 is 1.06 bits per heavy atom. The number of halogens is 1. The van der Waals surface area contributed by atoms with Gasteiger partial charge in [0, 0.05) is 12.2 Å². The maximum Gasteiger partial charge on any atom is 0.414 e. The first-order valence-corrected chi connectivity index (χ1v) is 11.2. The Morgan fingerprint density at radius 3 is 2.24 bits per heavy atom. The number of ether oxygens (including phenoxy) is 2. The predicted molar refractivity (Wildman–Crippen MR) is 131 cm³/mol.